The number of rotatable bonds is 4. The van der Waals surface area contributed by atoms with Gasteiger partial charge >= 0.3 is 0 Å². The van der Waals surface area contributed by atoms with Crippen LogP contribution in [0.4, 0.5) is 10.1 Å². The Morgan fingerprint density at radius 2 is 2.11 bits per heavy atom. The summed E-state index contributed by atoms with van der Waals surface area (Å²) < 4.78 is 35.3. The van der Waals surface area contributed by atoms with Crippen molar-refractivity contribution in [2.24, 2.45) is 5.73 Å². The first-order chi connectivity index (χ1) is 8.20. The number of thiocarbonyl (C=S) groups is 1. The third-order valence-electron chi connectivity index (χ3n) is 1.93. The maximum Gasteiger partial charge on any atom is 0.239 e. The first kappa shape index (κ1) is 14.5. The van der Waals surface area contributed by atoms with E-state index in [9.17, 15) is 17.6 Å². The second-order valence-corrected chi connectivity index (χ2v) is 6.22. The summed E-state index contributed by atoms with van der Waals surface area (Å²) >= 11 is 4.67. The highest BCUT2D eigenvalue weighted by Crippen LogP contribution is 2.18. The molecule has 1 amide bonds. The van der Waals surface area contributed by atoms with E-state index >= 15 is 0 Å². The molecule has 0 aliphatic rings. The lowest BCUT2D eigenvalue weighted by molar-refractivity contribution is -0.113. The average molecular weight is 290 g/mol. The van der Waals surface area contributed by atoms with Crippen LogP contribution in [0.3, 0.4) is 0 Å². The standard InChI is InChI=1S/C10H11FN2O3S2/c1-18(15,16)5-8(14)13-7-4-2-3-6(11)9(7)10(12)17/h2-4H,5H2,1H3,(H2,12,17)(H,13,14). The highest BCUT2D eigenvalue weighted by Gasteiger charge is 2.16. The van der Waals surface area contributed by atoms with Crippen molar-refractivity contribution in [3.8, 4) is 0 Å². The molecule has 98 valence electrons. The van der Waals surface area contributed by atoms with E-state index in [4.69, 9.17) is 5.73 Å². The molecular formula is C10H11FN2O3S2. The van der Waals surface area contributed by atoms with Crippen LogP contribution in [0.1, 0.15) is 5.56 Å². The van der Waals surface area contributed by atoms with Crippen LogP contribution in [0.5, 0.6) is 0 Å². The van der Waals surface area contributed by atoms with Gasteiger partial charge in [-0.05, 0) is 12.1 Å². The van der Waals surface area contributed by atoms with Crippen LogP contribution in [0.15, 0.2) is 18.2 Å². The van der Waals surface area contributed by atoms with Crippen LogP contribution in [-0.2, 0) is 14.6 Å². The topological polar surface area (TPSA) is 89.3 Å². The van der Waals surface area contributed by atoms with Gasteiger partial charge in [0.2, 0.25) is 5.91 Å². The number of halogens is 1. The van der Waals surface area contributed by atoms with Gasteiger partial charge < -0.3 is 11.1 Å². The van der Waals surface area contributed by atoms with Crippen molar-refractivity contribution in [3.63, 3.8) is 0 Å². The second kappa shape index (κ2) is 5.40. The van der Waals surface area contributed by atoms with Crippen LogP contribution in [0, 0.1) is 5.82 Å². The summed E-state index contributed by atoms with van der Waals surface area (Å²) in [6.45, 7) is 0. The Labute approximate surface area is 109 Å². The molecule has 0 atom stereocenters. The first-order valence-electron chi connectivity index (χ1n) is 4.76. The number of benzene rings is 1. The van der Waals surface area contributed by atoms with E-state index in [1.165, 1.54) is 12.1 Å². The minimum atomic E-state index is -3.46. The summed E-state index contributed by atoms with van der Waals surface area (Å²) in [7, 11) is -3.46. The number of carbonyl (C=O) groups excluding carboxylic acids is 1. The molecular weight excluding hydrogens is 279 g/mol. The van der Waals surface area contributed by atoms with Gasteiger partial charge in [0.05, 0.1) is 11.3 Å². The first-order valence-corrected chi connectivity index (χ1v) is 7.23. The Morgan fingerprint density at radius 1 is 1.50 bits per heavy atom. The molecule has 0 fully saturated rings. The van der Waals surface area contributed by atoms with Crippen LogP contribution >= 0.6 is 12.2 Å². The number of hydrogen-bond donors (Lipinski definition) is 2. The minimum Gasteiger partial charge on any atom is -0.389 e. The van der Waals surface area contributed by atoms with Crippen LogP contribution < -0.4 is 11.1 Å². The molecule has 0 unspecified atom stereocenters. The lowest BCUT2D eigenvalue weighted by atomic mass is 10.1. The molecule has 8 heteroatoms. The van der Waals surface area contributed by atoms with Gasteiger partial charge in [0.1, 0.15) is 16.6 Å². The molecule has 0 radical (unpaired) electrons. The molecule has 1 aromatic rings. The Hall–Kier alpha value is -1.54. The van der Waals surface area contributed by atoms with E-state index in [-0.39, 0.29) is 16.2 Å². The molecule has 0 heterocycles. The molecule has 5 nitrogen and oxygen atoms in total. The molecule has 3 N–H and O–H groups in total. The van der Waals surface area contributed by atoms with Crippen molar-refractivity contribution in [3.05, 3.63) is 29.6 Å². The van der Waals surface area contributed by atoms with Gasteiger partial charge in [-0.2, -0.15) is 0 Å². The molecule has 1 aromatic carbocycles. The van der Waals surface area contributed by atoms with E-state index in [1.54, 1.807) is 0 Å². The molecule has 0 aliphatic heterocycles. The minimum absolute atomic E-state index is 0.0520. The summed E-state index contributed by atoms with van der Waals surface area (Å²) in [5, 5.41) is 2.26. The number of nitrogens with two attached hydrogens (primary N) is 1. The van der Waals surface area contributed by atoms with E-state index in [0.29, 0.717) is 0 Å². The molecule has 0 saturated heterocycles. The predicted octanol–water partition coefficient (Wildman–Crippen LogP) is 0.443. The second-order valence-electron chi connectivity index (χ2n) is 3.64. The SMILES string of the molecule is CS(=O)(=O)CC(=O)Nc1cccc(F)c1C(N)=S. The normalized spacial score (nSPS) is 11.0. The van der Waals surface area contributed by atoms with Gasteiger partial charge in [-0.25, -0.2) is 12.8 Å². The molecule has 0 bridgehead atoms. The zero-order valence-corrected chi connectivity index (χ0v) is 11.1. The Balaban J connectivity index is 3.02. The summed E-state index contributed by atoms with van der Waals surface area (Å²) in [4.78, 5) is 11.2. The molecule has 0 aliphatic carbocycles. The molecule has 0 spiro atoms. The number of anilines is 1. The molecule has 0 saturated carbocycles. The highest BCUT2D eigenvalue weighted by atomic mass is 32.2. The zero-order valence-electron chi connectivity index (χ0n) is 9.44. The van der Waals surface area contributed by atoms with Gasteiger partial charge in [-0.3, -0.25) is 4.79 Å². The quantitative estimate of drug-likeness (QED) is 0.786. The Bertz CT molecular complexity index is 599. The number of amides is 1. The van der Waals surface area contributed by atoms with Crippen LogP contribution in [0.2, 0.25) is 0 Å². The van der Waals surface area contributed by atoms with E-state index < -0.39 is 27.3 Å². The third kappa shape index (κ3) is 4.04. The smallest absolute Gasteiger partial charge is 0.239 e. The van der Waals surface area contributed by atoms with E-state index in [2.05, 4.69) is 17.5 Å². The summed E-state index contributed by atoms with van der Waals surface area (Å²) in [5.74, 6) is -2.15. The number of hydrogen-bond acceptors (Lipinski definition) is 4. The van der Waals surface area contributed by atoms with Crippen molar-refractivity contribution in [2.75, 3.05) is 17.3 Å². The fraction of sp³-hybridized carbons (Fsp3) is 0.200. The zero-order chi connectivity index (χ0) is 13.9. The fourth-order valence-corrected chi connectivity index (χ4v) is 2.06. The Morgan fingerprint density at radius 3 is 2.61 bits per heavy atom. The van der Waals surface area contributed by atoms with Gasteiger partial charge in [0, 0.05) is 6.26 Å². The largest absolute Gasteiger partial charge is 0.389 e. The van der Waals surface area contributed by atoms with Gasteiger partial charge in [-0.15, -0.1) is 0 Å². The lowest BCUT2D eigenvalue weighted by Gasteiger charge is -2.10. The summed E-state index contributed by atoms with van der Waals surface area (Å²) in [5.41, 5.74) is 5.28. The maximum absolute atomic E-state index is 13.5. The summed E-state index contributed by atoms with van der Waals surface area (Å²) in [6, 6.07) is 3.88. The lowest BCUT2D eigenvalue weighted by Crippen LogP contribution is -2.24. The summed E-state index contributed by atoms with van der Waals surface area (Å²) in [6.07, 6.45) is 0.923. The van der Waals surface area contributed by atoms with Gasteiger partial charge in [0.15, 0.2) is 9.84 Å². The monoisotopic (exact) mass is 290 g/mol. The van der Waals surface area contributed by atoms with Crippen molar-refractivity contribution in [2.45, 2.75) is 0 Å². The van der Waals surface area contributed by atoms with E-state index in [1.807, 2.05) is 0 Å². The molecule has 1 rings (SSSR count). The van der Waals surface area contributed by atoms with Gasteiger partial charge in [0.25, 0.3) is 0 Å². The van der Waals surface area contributed by atoms with Gasteiger partial charge in [-0.1, -0.05) is 18.3 Å². The number of nitrogens with one attached hydrogen (secondary N) is 1. The van der Waals surface area contributed by atoms with Crippen molar-refractivity contribution in [1.82, 2.24) is 0 Å². The van der Waals surface area contributed by atoms with E-state index in [0.717, 1.165) is 12.3 Å². The molecule has 0 aromatic heterocycles. The highest BCUT2D eigenvalue weighted by molar-refractivity contribution is 7.91. The van der Waals surface area contributed by atoms with Crippen LogP contribution in [0.25, 0.3) is 0 Å². The fourth-order valence-electron chi connectivity index (χ4n) is 1.30. The third-order valence-corrected chi connectivity index (χ3v) is 2.92. The Kier molecular flexibility index (Phi) is 4.36. The number of sulfone groups is 1. The van der Waals surface area contributed by atoms with Crippen molar-refractivity contribution < 1.29 is 17.6 Å². The van der Waals surface area contributed by atoms with Crippen molar-refractivity contribution in [1.29, 1.82) is 0 Å². The predicted molar refractivity (Wildman–Crippen MR) is 70.6 cm³/mol. The number of carbonyl (C=O) groups is 1. The average Bonchev–Trinajstić information content (AvgIpc) is 2.13. The maximum atomic E-state index is 13.5. The molecule has 18 heavy (non-hydrogen) atoms. The van der Waals surface area contributed by atoms with Crippen molar-refractivity contribution >= 4 is 38.6 Å². The van der Waals surface area contributed by atoms with Crippen LogP contribution in [-0.4, -0.2) is 31.3 Å².